The number of hydrogen-bond acceptors (Lipinski definition) is 4. The molecule has 0 radical (unpaired) electrons. The van der Waals surface area contributed by atoms with E-state index in [2.05, 4.69) is 10.6 Å². The van der Waals surface area contributed by atoms with Crippen molar-refractivity contribution in [2.45, 2.75) is 76.0 Å². The van der Waals surface area contributed by atoms with Crippen LogP contribution in [0, 0.1) is 0 Å². The van der Waals surface area contributed by atoms with Crippen molar-refractivity contribution in [3.8, 4) is 0 Å². The smallest absolute Gasteiger partial charge is 0.258 e. The van der Waals surface area contributed by atoms with Crippen LogP contribution in [-0.4, -0.2) is 33.8 Å². The van der Waals surface area contributed by atoms with Gasteiger partial charge in [0.15, 0.2) is 0 Å². The molecule has 3 N–H and O–H groups in total. The summed E-state index contributed by atoms with van der Waals surface area (Å²) in [6.07, 6.45) is 9.68. The van der Waals surface area contributed by atoms with E-state index in [4.69, 9.17) is 0 Å². The van der Waals surface area contributed by atoms with Gasteiger partial charge in [0.2, 0.25) is 5.91 Å². The summed E-state index contributed by atoms with van der Waals surface area (Å²) in [6, 6.07) is 7.68. The normalized spacial score (nSPS) is 21.8. The Hall–Kier alpha value is -2.18. The Kier molecular flexibility index (Phi) is 6.01. The van der Waals surface area contributed by atoms with Gasteiger partial charge in [0.1, 0.15) is 0 Å². The average molecular weight is 398 g/mol. The fourth-order valence-electron chi connectivity index (χ4n) is 4.78. The van der Waals surface area contributed by atoms with Gasteiger partial charge in [-0.25, -0.2) is 0 Å². The predicted molar refractivity (Wildman–Crippen MR) is 115 cm³/mol. The number of benzene rings is 1. The maximum absolute atomic E-state index is 12.9. The molecular weight excluding hydrogens is 366 g/mol. The Balaban J connectivity index is 1.52. The summed E-state index contributed by atoms with van der Waals surface area (Å²) in [7, 11) is 0. The number of carbonyl (C=O) groups is 1. The lowest BCUT2D eigenvalue weighted by atomic mass is 9.90. The van der Waals surface area contributed by atoms with Gasteiger partial charge in [-0.3, -0.25) is 9.59 Å². The number of nitrogens with zero attached hydrogens (tertiary/aromatic N) is 1. The Bertz CT molecular complexity index is 923. The summed E-state index contributed by atoms with van der Waals surface area (Å²) in [5.41, 5.74) is -0.311. The number of anilines is 1. The van der Waals surface area contributed by atoms with Crippen molar-refractivity contribution < 1.29 is 9.90 Å². The van der Waals surface area contributed by atoms with Gasteiger partial charge < -0.3 is 20.3 Å². The van der Waals surface area contributed by atoms with E-state index in [1.807, 2.05) is 24.4 Å². The van der Waals surface area contributed by atoms with E-state index in [0.717, 1.165) is 50.5 Å². The largest absolute Gasteiger partial charge is 0.389 e. The summed E-state index contributed by atoms with van der Waals surface area (Å²) < 4.78 is 1.76. The second-order valence-corrected chi connectivity index (χ2v) is 8.70. The van der Waals surface area contributed by atoms with E-state index in [9.17, 15) is 14.7 Å². The van der Waals surface area contributed by atoms with Crippen molar-refractivity contribution >= 4 is 22.4 Å². The molecule has 2 fully saturated rings. The highest BCUT2D eigenvalue weighted by Crippen LogP contribution is 2.30. The first kappa shape index (κ1) is 20.1. The molecule has 6 nitrogen and oxygen atoms in total. The van der Waals surface area contributed by atoms with Crippen LogP contribution in [-0.2, 0) is 11.3 Å². The molecule has 1 aliphatic heterocycles. The molecule has 1 aliphatic carbocycles. The van der Waals surface area contributed by atoms with Crippen LogP contribution in [0.5, 0.6) is 0 Å². The topological polar surface area (TPSA) is 83.4 Å². The summed E-state index contributed by atoms with van der Waals surface area (Å²) in [6.45, 7) is 1.67. The monoisotopic (exact) mass is 397 g/mol. The molecule has 1 saturated carbocycles. The maximum atomic E-state index is 12.9. The Morgan fingerprint density at radius 1 is 1.14 bits per heavy atom. The van der Waals surface area contributed by atoms with E-state index >= 15 is 0 Å². The fraction of sp³-hybridized carbons (Fsp3) is 0.565. The molecule has 2 heterocycles. The lowest BCUT2D eigenvalue weighted by Crippen LogP contribution is -2.33. The van der Waals surface area contributed by atoms with Crippen LogP contribution >= 0.6 is 0 Å². The highest BCUT2D eigenvalue weighted by atomic mass is 16.3. The number of amides is 1. The first-order valence-corrected chi connectivity index (χ1v) is 10.9. The maximum Gasteiger partial charge on any atom is 0.258 e. The molecule has 0 bridgehead atoms. The van der Waals surface area contributed by atoms with Gasteiger partial charge >= 0.3 is 0 Å². The van der Waals surface area contributed by atoms with Crippen LogP contribution < -0.4 is 16.2 Å². The quantitative estimate of drug-likeness (QED) is 0.677. The third kappa shape index (κ3) is 4.70. The predicted octanol–water partition coefficient (Wildman–Crippen LogP) is 3.17. The Morgan fingerprint density at radius 2 is 1.93 bits per heavy atom. The lowest BCUT2D eigenvalue weighted by Gasteiger charge is -2.26. The van der Waals surface area contributed by atoms with Gasteiger partial charge in [0.05, 0.1) is 12.0 Å². The average Bonchev–Trinajstić information content (AvgIpc) is 3.11. The fourth-order valence-corrected chi connectivity index (χ4v) is 4.78. The second-order valence-electron chi connectivity index (χ2n) is 8.70. The molecule has 6 heteroatoms. The molecule has 1 unspecified atom stereocenters. The molecule has 0 spiro atoms. The number of aromatic nitrogens is 1. The Morgan fingerprint density at radius 3 is 2.66 bits per heavy atom. The van der Waals surface area contributed by atoms with Gasteiger partial charge in [-0.2, -0.15) is 0 Å². The number of aliphatic hydroxyl groups is 1. The minimum atomic E-state index is -0.911. The summed E-state index contributed by atoms with van der Waals surface area (Å²) in [4.78, 5) is 25.6. The van der Waals surface area contributed by atoms with Gasteiger partial charge in [0, 0.05) is 35.2 Å². The van der Waals surface area contributed by atoms with Crippen LogP contribution in [0.3, 0.4) is 0 Å². The number of carbonyl (C=O) groups excluding carboxylic acids is 1. The summed E-state index contributed by atoms with van der Waals surface area (Å²) in [5, 5.41) is 18.5. The van der Waals surface area contributed by atoms with Gasteiger partial charge in [-0.15, -0.1) is 0 Å². The molecule has 1 saturated heterocycles. The molecule has 156 valence electrons. The van der Waals surface area contributed by atoms with E-state index in [0.29, 0.717) is 36.5 Å². The van der Waals surface area contributed by atoms with Crippen LogP contribution in [0.15, 0.2) is 35.3 Å². The van der Waals surface area contributed by atoms with E-state index < -0.39 is 5.60 Å². The number of hydrogen-bond donors (Lipinski definition) is 3. The number of fused-ring (bicyclic) bond motifs is 1. The molecule has 1 atom stereocenters. The van der Waals surface area contributed by atoms with Gasteiger partial charge in [-0.1, -0.05) is 31.7 Å². The first-order chi connectivity index (χ1) is 14.0. The van der Waals surface area contributed by atoms with E-state index in [1.54, 1.807) is 10.6 Å². The number of rotatable bonds is 5. The van der Waals surface area contributed by atoms with Crippen LogP contribution in [0.2, 0.25) is 0 Å². The van der Waals surface area contributed by atoms with Crippen molar-refractivity contribution in [2.75, 3.05) is 11.9 Å². The number of nitrogens with one attached hydrogen (secondary N) is 2. The van der Waals surface area contributed by atoms with Crippen LogP contribution in [0.1, 0.15) is 57.8 Å². The molecule has 1 amide bonds. The van der Waals surface area contributed by atoms with Gasteiger partial charge in [0.25, 0.3) is 5.56 Å². The van der Waals surface area contributed by atoms with Gasteiger partial charge in [-0.05, 0) is 50.4 Å². The van der Waals surface area contributed by atoms with Crippen molar-refractivity contribution in [1.82, 2.24) is 9.88 Å². The molecule has 2 aromatic rings. The minimum absolute atomic E-state index is 0.0327. The molecule has 1 aromatic carbocycles. The van der Waals surface area contributed by atoms with E-state index in [-0.39, 0.29) is 17.9 Å². The van der Waals surface area contributed by atoms with Crippen molar-refractivity contribution in [3.63, 3.8) is 0 Å². The molecule has 2 aliphatic rings. The molecule has 29 heavy (non-hydrogen) atoms. The first-order valence-electron chi connectivity index (χ1n) is 10.9. The number of pyridine rings is 1. The Labute approximate surface area is 171 Å². The van der Waals surface area contributed by atoms with Crippen molar-refractivity contribution in [2.24, 2.45) is 0 Å². The molecule has 1 aromatic heterocycles. The zero-order chi connectivity index (χ0) is 20.3. The molecular formula is C23H31N3O3. The zero-order valence-corrected chi connectivity index (χ0v) is 17.0. The van der Waals surface area contributed by atoms with Crippen LogP contribution in [0.25, 0.3) is 10.8 Å². The summed E-state index contributed by atoms with van der Waals surface area (Å²) in [5.74, 6) is -0.193. The lowest BCUT2D eigenvalue weighted by molar-refractivity contribution is -0.121. The highest BCUT2D eigenvalue weighted by molar-refractivity contribution is 6.02. The zero-order valence-electron chi connectivity index (χ0n) is 17.0. The van der Waals surface area contributed by atoms with Crippen LogP contribution in [0.4, 0.5) is 5.69 Å². The standard InChI is InChI=1S/C23H31N3O3/c27-21(15-23(29)11-3-1-2-4-12-23)25-20-9-5-8-19-18(20)10-14-26(22(19)28)16-17-7-6-13-24-17/h5,8-10,14,17,24,29H,1-4,6-7,11-13,15-16H2,(H,25,27). The minimum Gasteiger partial charge on any atom is -0.389 e. The summed E-state index contributed by atoms with van der Waals surface area (Å²) >= 11 is 0. The SMILES string of the molecule is O=C(CC1(O)CCCCCC1)Nc1cccc2c(=O)n(CC3CCCN3)ccc12. The van der Waals surface area contributed by atoms with E-state index in [1.165, 1.54) is 0 Å². The highest BCUT2D eigenvalue weighted by Gasteiger charge is 2.30. The third-order valence-corrected chi connectivity index (χ3v) is 6.40. The molecule has 4 rings (SSSR count). The van der Waals surface area contributed by atoms with Crippen molar-refractivity contribution in [3.05, 3.63) is 40.8 Å². The van der Waals surface area contributed by atoms with Crippen molar-refractivity contribution in [1.29, 1.82) is 0 Å². The second kappa shape index (κ2) is 8.67. The third-order valence-electron chi connectivity index (χ3n) is 6.40.